The lowest BCUT2D eigenvalue weighted by Crippen LogP contribution is -2.30. The van der Waals surface area contributed by atoms with Crippen LogP contribution in [0.15, 0.2) is 71.7 Å². The molecule has 0 aromatic heterocycles. The van der Waals surface area contributed by atoms with E-state index in [2.05, 4.69) is 5.32 Å². The van der Waals surface area contributed by atoms with Gasteiger partial charge in [0.2, 0.25) is 15.9 Å². The van der Waals surface area contributed by atoms with E-state index in [9.17, 15) is 17.6 Å². The van der Waals surface area contributed by atoms with Crippen LogP contribution >= 0.6 is 0 Å². The highest BCUT2D eigenvalue weighted by Gasteiger charge is 2.23. The van der Waals surface area contributed by atoms with Gasteiger partial charge in [0.1, 0.15) is 11.6 Å². The minimum atomic E-state index is -3.73. The fourth-order valence-corrected chi connectivity index (χ4v) is 4.11. The summed E-state index contributed by atoms with van der Waals surface area (Å²) in [5.41, 5.74) is 0.183. The van der Waals surface area contributed by atoms with Crippen molar-refractivity contribution in [1.29, 1.82) is 0 Å². The van der Waals surface area contributed by atoms with Crippen molar-refractivity contribution in [1.82, 2.24) is 4.31 Å². The fraction of sp³-hybridized carbons (Fsp3) is 0.227. The van der Waals surface area contributed by atoms with Gasteiger partial charge in [0, 0.05) is 19.2 Å². The third-order valence-corrected chi connectivity index (χ3v) is 6.19. The molecule has 0 radical (unpaired) electrons. The number of rotatable bonds is 9. The highest BCUT2D eigenvalue weighted by atomic mass is 32.2. The molecule has 2 rings (SSSR count). The Hall–Kier alpha value is -2.97. The maximum Gasteiger partial charge on any atom is 0.248 e. The zero-order chi connectivity index (χ0) is 22.1. The number of nitrogens with one attached hydrogen (secondary N) is 1. The van der Waals surface area contributed by atoms with Crippen molar-refractivity contribution in [3.8, 4) is 11.5 Å². The summed E-state index contributed by atoms with van der Waals surface area (Å²) < 4.78 is 45.9. The topological polar surface area (TPSA) is 75.7 Å². The summed E-state index contributed by atoms with van der Waals surface area (Å²) in [6, 6.07) is 9.59. The van der Waals surface area contributed by atoms with E-state index in [1.165, 1.54) is 52.8 Å². The van der Waals surface area contributed by atoms with E-state index in [1.54, 1.807) is 32.1 Å². The Balaban J connectivity index is 2.45. The first kappa shape index (κ1) is 23.3. The molecule has 0 atom stereocenters. The maximum absolute atomic E-state index is 13.2. The average molecular weight is 433 g/mol. The molecule has 2 aromatic rings. The molecule has 0 aliphatic rings. The monoisotopic (exact) mass is 432 g/mol. The van der Waals surface area contributed by atoms with Gasteiger partial charge in [0.25, 0.3) is 0 Å². The van der Waals surface area contributed by atoms with Gasteiger partial charge in [0.05, 0.1) is 10.6 Å². The van der Waals surface area contributed by atoms with Gasteiger partial charge >= 0.3 is 0 Å². The lowest BCUT2D eigenvalue weighted by molar-refractivity contribution is -0.111. The Morgan fingerprint density at radius 3 is 2.37 bits per heavy atom. The first-order valence-corrected chi connectivity index (χ1v) is 10.9. The molecule has 30 heavy (non-hydrogen) atoms. The van der Waals surface area contributed by atoms with Crippen molar-refractivity contribution in [2.75, 3.05) is 18.4 Å². The number of hydrogen-bond acceptors (Lipinski definition) is 4. The van der Waals surface area contributed by atoms with Gasteiger partial charge in [0.15, 0.2) is 5.75 Å². The van der Waals surface area contributed by atoms with Crippen molar-refractivity contribution >= 4 is 21.6 Å². The van der Waals surface area contributed by atoms with E-state index in [0.717, 1.165) is 0 Å². The molecule has 0 aliphatic heterocycles. The summed E-state index contributed by atoms with van der Waals surface area (Å²) in [4.78, 5) is 12.3. The largest absolute Gasteiger partial charge is 0.455 e. The van der Waals surface area contributed by atoms with Crippen LogP contribution in [0.25, 0.3) is 0 Å². The second kappa shape index (κ2) is 10.7. The molecular weight excluding hydrogens is 407 g/mol. The number of anilines is 1. The third-order valence-electron chi connectivity index (χ3n) is 4.14. The number of allylic oxidation sites excluding steroid dienone is 3. The van der Waals surface area contributed by atoms with Gasteiger partial charge in [-0.05, 0) is 49.4 Å². The molecule has 0 spiro atoms. The number of halogens is 1. The average Bonchev–Trinajstić information content (AvgIpc) is 2.71. The van der Waals surface area contributed by atoms with E-state index in [1.807, 2.05) is 6.92 Å². The summed E-state index contributed by atoms with van der Waals surface area (Å²) in [7, 11) is -3.73. The second-order valence-electron chi connectivity index (χ2n) is 6.18. The Morgan fingerprint density at radius 1 is 1.10 bits per heavy atom. The summed E-state index contributed by atoms with van der Waals surface area (Å²) in [5.74, 6) is -0.288. The van der Waals surface area contributed by atoms with Gasteiger partial charge in [-0.25, -0.2) is 12.8 Å². The van der Waals surface area contributed by atoms with E-state index < -0.39 is 21.7 Å². The van der Waals surface area contributed by atoms with Crippen LogP contribution in [0.1, 0.15) is 20.8 Å². The molecule has 2 aromatic carbocycles. The molecule has 8 heteroatoms. The fourth-order valence-electron chi connectivity index (χ4n) is 2.63. The predicted molar refractivity (Wildman–Crippen MR) is 116 cm³/mol. The molecule has 1 N–H and O–H groups in total. The summed E-state index contributed by atoms with van der Waals surface area (Å²) in [5, 5.41) is 2.65. The number of ether oxygens (including phenoxy) is 1. The Morgan fingerprint density at radius 2 is 1.77 bits per heavy atom. The van der Waals surface area contributed by atoms with Crippen molar-refractivity contribution < 1.29 is 22.3 Å². The summed E-state index contributed by atoms with van der Waals surface area (Å²) >= 11 is 0. The first-order chi connectivity index (χ1) is 14.3. The minimum absolute atomic E-state index is 0.0328. The normalized spacial score (nSPS) is 12.0. The van der Waals surface area contributed by atoms with E-state index in [0.29, 0.717) is 18.8 Å². The zero-order valence-electron chi connectivity index (χ0n) is 17.1. The van der Waals surface area contributed by atoms with Crippen LogP contribution in [0.2, 0.25) is 0 Å². The first-order valence-electron chi connectivity index (χ1n) is 9.49. The number of hydrogen-bond donors (Lipinski definition) is 1. The molecule has 0 saturated carbocycles. The van der Waals surface area contributed by atoms with E-state index in [4.69, 9.17) is 4.74 Å². The summed E-state index contributed by atoms with van der Waals surface area (Å²) in [6.07, 6.45) is 6.33. The molecule has 0 unspecified atom stereocenters. The molecule has 1 amide bonds. The predicted octanol–water partition coefficient (Wildman–Crippen LogP) is 4.72. The Labute approximate surface area is 176 Å². The van der Waals surface area contributed by atoms with Crippen molar-refractivity contribution in [2.45, 2.75) is 25.7 Å². The van der Waals surface area contributed by atoms with Gasteiger partial charge in [-0.3, -0.25) is 4.79 Å². The molecule has 160 valence electrons. The van der Waals surface area contributed by atoms with Crippen molar-refractivity contribution in [3.63, 3.8) is 0 Å². The molecule has 0 bridgehead atoms. The van der Waals surface area contributed by atoms with Crippen LogP contribution in [-0.4, -0.2) is 31.7 Å². The number of sulfonamides is 1. The van der Waals surface area contributed by atoms with Gasteiger partial charge in [-0.15, -0.1) is 0 Å². The molecule has 0 fully saturated rings. The lowest BCUT2D eigenvalue weighted by atomic mass is 10.2. The quantitative estimate of drug-likeness (QED) is 0.460. The van der Waals surface area contributed by atoms with Gasteiger partial charge in [-0.2, -0.15) is 4.31 Å². The molecule has 0 saturated heterocycles. The number of carbonyl (C=O) groups is 1. The van der Waals surface area contributed by atoms with Crippen LogP contribution in [0, 0.1) is 5.82 Å². The van der Waals surface area contributed by atoms with Crippen LogP contribution in [0.3, 0.4) is 0 Å². The highest BCUT2D eigenvalue weighted by molar-refractivity contribution is 7.89. The van der Waals surface area contributed by atoms with E-state index >= 15 is 0 Å². The summed E-state index contributed by atoms with van der Waals surface area (Å²) in [6.45, 7) is 5.96. The number of benzene rings is 2. The molecule has 0 heterocycles. The van der Waals surface area contributed by atoms with Crippen LogP contribution in [0.4, 0.5) is 10.1 Å². The number of nitrogens with zero attached hydrogens (tertiary/aromatic N) is 1. The Bertz CT molecular complexity index is 1030. The maximum atomic E-state index is 13.2. The van der Waals surface area contributed by atoms with Crippen LogP contribution in [-0.2, 0) is 14.8 Å². The zero-order valence-corrected chi connectivity index (χ0v) is 17.9. The SMILES string of the molecule is C/C=C/C=C/C(=O)Nc1cc(S(=O)(=O)N(CC)CC)ccc1Oc1ccc(F)cc1. The molecule has 0 aliphatic carbocycles. The third kappa shape index (κ3) is 6.01. The lowest BCUT2D eigenvalue weighted by Gasteiger charge is -2.20. The molecule has 6 nitrogen and oxygen atoms in total. The van der Waals surface area contributed by atoms with Crippen LogP contribution in [0.5, 0.6) is 11.5 Å². The highest BCUT2D eigenvalue weighted by Crippen LogP contribution is 2.33. The standard InChI is InChI=1S/C22H25FN2O4S/c1-4-7-8-9-22(26)24-20-16-19(30(27,28)25(5-2)6-3)14-15-21(20)29-18-12-10-17(23)11-13-18/h4,7-16H,5-6H2,1-3H3,(H,24,26)/b7-4+,9-8+. The number of carbonyl (C=O) groups excluding carboxylic acids is 1. The minimum Gasteiger partial charge on any atom is -0.455 e. The van der Waals surface area contributed by atoms with Crippen molar-refractivity contribution in [2.24, 2.45) is 0 Å². The van der Waals surface area contributed by atoms with Crippen LogP contribution < -0.4 is 10.1 Å². The van der Waals surface area contributed by atoms with Gasteiger partial charge in [-0.1, -0.05) is 32.1 Å². The smallest absolute Gasteiger partial charge is 0.248 e. The second-order valence-corrected chi connectivity index (χ2v) is 8.12. The number of amides is 1. The van der Waals surface area contributed by atoms with Crippen molar-refractivity contribution in [3.05, 3.63) is 72.6 Å². The molecular formula is C22H25FN2O4S. The Kier molecular flexibility index (Phi) is 8.32. The van der Waals surface area contributed by atoms with Gasteiger partial charge < -0.3 is 10.1 Å². The van der Waals surface area contributed by atoms with E-state index in [-0.39, 0.29) is 16.3 Å².